The van der Waals surface area contributed by atoms with Crippen molar-refractivity contribution in [3.8, 4) is 0 Å². The van der Waals surface area contributed by atoms with Crippen molar-refractivity contribution in [3.63, 3.8) is 0 Å². The van der Waals surface area contributed by atoms with Crippen molar-refractivity contribution in [3.05, 3.63) is 59.2 Å². The molecule has 0 bridgehead atoms. The minimum atomic E-state index is -3.03. The number of carbonyl (C=O) groups excluding carboxylic acids is 1. The lowest BCUT2D eigenvalue weighted by molar-refractivity contribution is -0.114. The van der Waals surface area contributed by atoms with E-state index in [2.05, 4.69) is 12.2 Å². The van der Waals surface area contributed by atoms with Crippen molar-refractivity contribution in [2.45, 2.75) is 38.5 Å². The molecule has 4 rings (SSSR count). The number of anilines is 2. The first-order valence-corrected chi connectivity index (χ1v) is 13.1. The summed E-state index contributed by atoms with van der Waals surface area (Å²) < 4.78 is 23.9. The van der Waals surface area contributed by atoms with Crippen LogP contribution >= 0.6 is 11.8 Å². The van der Waals surface area contributed by atoms with Gasteiger partial charge in [0, 0.05) is 16.6 Å². The van der Waals surface area contributed by atoms with Gasteiger partial charge in [-0.3, -0.25) is 9.79 Å². The van der Waals surface area contributed by atoms with Gasteiger partial charge >= 0.3 is 0 Å². The van der Waals surface area contributed by atoms with E-state index < -0.39 is 9.84 Å². The Morgan fingerprint density at radius 1 is 1.13 bits per heavy atom. The second kappa shape index (κ2) is 8.67. The Morgan fingerprint density at radius 3 is 2.52 bits per heavy atom. The molecular weight excluding hydrogens is 430 g/mol. The number of hydrogen-bond donors (Lipinski definition) is 1. The van der Waals surface area contributed by atoms with E-state index in [9.17, 15) is 13.2 Å². The maximum atomic E-state index is 12.9. The Kier molecular flexibility index (Phi) is 6.12. The lowest BCUT2D eigenvalue weighted by Crippen LogP contribution is -2.36. The number of benzene rings is 2. The molecule has 1 N–H and O–H groups in total. The Labute approximate surface area is 188 Å². The average Bonchev–Trinajstić information content (AvgIpc) is 3.22. The van der Waals surface area contributed by atoms with Crippen LogP contribution in [0.1, 0.15) is 23.6 Å². The van der Waals surface area contributed by atoms with E-state index >= 15 is 0 Å². The topological polar surface area (TPSA) is 78.8 Å². The molecule has 1 saturated heterocycles. The van der Waals surface area contributed by atoms with Crippen LogP contribution in [0.3, 0.4) is 0 Å². The maximum Gasteiger partial charge on any atom is 0.244 e. The summed E-state index contributed by atoms with van der Waals surface area (Å²) in [7, 11) is -3.03. The van der Waals surface area contributed by atoms with Crippen molar-refractivity contribution in [2.24, 2.45) is 4.99 Å². The summed E-state index contributed by atoms with van der Waals surface area (Å²) in [4.78, 5) is 19.5. The monoisotopic (exact) mass is 457 g/mol. The summed E-state index contributed by atoms with van der Waals surface area (Å²) in [6.07, 6.45) is 0.948. The number of nitrogens with zero attached hydrogens (tertiary/aromatic N) is 2. The second-order valence-electron chi connectivity index (χ2n) is 8.17. The molecule has 1 fully saturated rings. The number of aryl methyl sites for hydroxylation is 3. The number of amidine groups is 1. The molecule has 1 amide bonds. The van der Waals surface area contributed by atoms with Gasteiger partial charge in [0.05, 0.1) is 17.5 Å². The van der Waals surface area contributed by atoms with Gasteiger partial charge in [0.15, 0.2) is 15.0 Å². The molecule has 6 nitrogen and oxygen atoms in total. The fourth-order valence-electron chi connectivity index (χ4n) is 3.80. The first kappa shape index (κ1) is 21.9. The normalized spacial score (nSPS) is 21.5. The highest BCUT2D eigenvalue weighted by Gasteiger charge is 2.44. The molecule has 2 heterocycles. The van der Waals surface area contributed by atoms with Gasteiger partial charge in [-0.2, -0.15) is 0 Å². The average molecular weight is 458 g/mol. The summed E-state index contributed by atoms with van der Waals surface area (Å²) in [6.45, 7) is 6.29. The third kappa shape index (κ3) is 4.96. The van der Waals surface area contributed by atoms with Crippen molar-refractivity contribution in [1.29, 1.82) is 0 Å². The first-order chi connectivity index (χ1) is 14.7. The number of nitrogens with one attached hydrogen (secondary N) is 1. The second-order valence-corrected chi connectivity index (χ2v) is 11.5. The van der Waals surface area contributed by atoms with Gasteiger partial charge in [-0.05, 0) is 61.2 Å². The van der Waals surface area contributed by atoms with E-state index in [1.165, 1.54) is 22.9 Å². The van der Waals surface area contributed by atoms with Gasteiger partial charge in [-0.1, -0.05) is 36.9 Å². The Bertz CT molecular complexity index is 1130. The largest absolute Gasteiger partial charge is 0.325 e. The highest BCUT2D eigenvalue weighted by molar-refractivity contribution is 8.15. The van der Waals surface area contributed by atoms with Crippen LogP contribution in [0, 0.1) is 13.8 Å². The molecule has 31 heavy (non-hydrogen) atoms. The molecule has 0 saturated carbocycles. The summed E-state index contributed by atoms with van der Waals surface area (Å²) >= 11 is 1.47. The zero-order chi connectivity index (χ0) is 22.2. The van der Waals surface area contributed by atoms with E-state index in [1.54, 1.807) is 0 Å². The zero-order valence-corrected chi connectivity index (χ0v) is 19.6. The Balaban J connectivity index is 1.57. The van der Waals surface area contributed by atoms with Gasteiger partial charge in [0.1, 0.15) is 6.54 Å². The van der Waals surface area contributed by atoms with Gasteiger partial charge in [0.2, 0.25) is 5.91 Å². The molecule has 2 aromatic carbocycles. The third-order valence-electron chi connectivity index (χ3n) is 5.79. The van der Waals surface area contributed by atoms with Crippen molar-refractivity contribution >= 4 is 44.0 Å². The van der Waals surface area contributed by atoms with Gasteiger partial charge in [-0.25, -0.2) is 8.42 Å². The molecular formula is C23H27N3O3S2. The van der Waals surface area contributed by atoms with E-state index in [4.69, 9.17) is 4.99 Å². The number of amides is 1. The van der Waals surface area contributed by atoms with Gasteiger partial charge < -0.3 is 10.2 Å². The van der Waals surface area contributed by atoms with Crippen LogP contribution in [0.15, 0.2) is 47.5 Å². The smallest absolute Gasteiger partial charge is 0.244 e. The standard InChI is InChI=1S/C23H27N3O3S2/c1-4-17-6-8-18(9-7-17)24-22(27)12-26(19-10-5-15(2)16(3)11-19)23-25-20-13-31(28,29)14-21(20)30-23/h5-11,20-21H,4,12-14H2,1-3H3,(H,24,27)/t20-,21-/m0/s1. The zero-order valence-electron chi connectivity index (χ0n) is 18.0. The van der Waals surface area contributed by atoms with E-state index in [0.717, 1.165) is 23.4 Å². The van der Waals surface area contributed by atoms with Gasteiger partial charge in [0.25, 0.3) is 0 Å². The summed E-state index contributed by atoms with van der Waals surface area (Å²) in [5.41, 5.74) is 5.16. The summed E-state index contributed by atoms with van der Waals surface area (Å²) in [5, 5.41) is 3.61. The van der Waals surface area contributed by atoms with Crippen LogP contribution in [0.5, 0.6) is 0 Å². The lowest BCUT2D eigenvalue weighted by atomic mass is 10.1. The number of thioether (sulfide) groups is 1. The van der Waals surface area contributed by atoms with Crippen LogP contribution < -0.4 is 10.2 Å². The van der Waals surface area contributed by atoms with Crippen LogP contribution in [-0.2, 0) is 21.1 Å². The number of sulfone groups is 1. The van der Waals surface area contributed by atoms with E-state index in [1.807, 2.05) is 61.2 Å². The molecule has 2 aliphatic heterocycles. The molecule has 0 aliphatic carbocycles. The minimum Gasteiger partial charge on any atom is -0.325 e. The molecule has 0 aromatic heterocycles. The van der Waals surface area contributed by atoms with Crippen molar-refractivity contribution in [2.75, 3.05) is 28.3 Å². The molecule has 8 heteroatoms. The fourth-order valence-corrected chi connectivity index (χ4v) is 7.58. The minimum absolute atomic E-state index is 0.0707. The van der Waals surface area contributed by atoms with Crippen molar-refractivity contribution in [1.82, 2.24) is 0 Å². The molecule has 0 unspecified atom stereocenters. The quantitative estimate of drug-likeness (QED) is 0.743. The van der Waals surface area contributed by atoms with Crippen LogP contribution in [0.4, 0.5) is 11.4 Å². The molecule has 0 spiro atoms. The maximum absolute atomic E-state index is 12.9. The highest BCUT2D eigenvalue weighted by Crippen LogP contribution is 2.37. The summed E-state index contributed by atoms with van der Waals surface area (Å²) in [6, 6.07) is 13.7. The fraction of sp³-hybridized carbons (Fsp3) is 0.391. The SMILES string of the molecule is CCc1ccc(NC(=O)CN(C2=N[C@H]3CS(=O)(=O)C[C@@H]3S2)c2ccc(C)c(C)c2)cc1. The van der Waals surface area contributed by atoms with Gasteiger partial charge in [-0.15, -0.1) is 0 Å². The van der Waals surface area contributed by atoms with Crippen molar-refractivity contribution < 1.29 is 13.2 Å². The lowest BCUT2D eigenvalue weighted by Gasteiger charge is -2.25. The van der Waals surface area contributed by atoms with E-state index in [0.29, 0.717) is 5.17 Å². The predicted octanol–water partition coefficient (Wildman–Crippen LogP) is 3.58. The number of carbonyl (C=O) groups is 1. The molecule has 0 radical (unpaired) electrons. The Hall–Kier alpha value is -2.32. The highest BCUT2D eigenvalue weighted by atomic mass is 32.2. The van der Waals surface area contributed by atoms with E-state index in [-0.39, 0.29) is 35.2 Å². The number of rotatable bonds is 5. The van der Waals surface area contributed by atoms with Crippen LogP contribution in [0.25, 0.3) is 0 Å². The summed E-state index contributed by atoms with van der Waals surface area (Å²) in [5.74, 6) is 0.0900. The number of aliphatic imine (C=N–C) groups is 1. The number of fused-ring (bicyclic) bond motifs is 1. The Morgan fingerprint density at radius 2 is 1.87 bits per heavy atom. The molecule has 2 aromatic rings. The number of hydrogen-bond acceptors (Lipinski definition) is 6. The first-order valence-electron chi connectivity index (χ1n) is 10.4. The van der Waals surface area contributed by atoms with Crippen LogP contribution in [0.2, 0.25) is 0 Å². The van der Waals surface area contributed by atoms with Crippen LogP contribution in [-0.4, -0.2) is 48.8 Å². The predicted molar refractivity (Wildman–Crippen MR) is 129 cm³/mol. The molecule has 2 aliphatic rings. The molecule has 164 valence electrons. The third-order valence-corrected chi connectivity index (χ3v) is 9.03. The molecule has 2 atom stereocenters.